The van der Waals surface area contributed by atoms with E-state index < -0.39 is 0 Å². The highest BCUT2D eigenvalue weighted by atomic mass is 32.1. The number of hydrogen-bond donors (Lipinski definition) is 0. The van der Waals surface area contributed by atoms with Crippen LogP contribution < -0.4 is 0 Å². The van der Waals surface area contributed by atoms with Crippen LogP contribution in [0.2, 0.25) is 0 Å². The Labute approximate surface area is 155 Å². The van der Waals surface area contributed by atoms with E-state index >= 15 is 0 Å². The first-order chi connectivity index (χ1) is 12.7. The lowest BCUT2D eigenvalue weighted by atomic mass is 10.2. The van der Waals surface area contributed by atoms with Gasteiger partial charge in [-0.25, -0.2) is 14.1 Å². The van der Waals surface area contributed by atoms with Crippen molar-refractivity contribution >= 4 is 17.2 Å². The number of carbonyl (C=O) groups is 1. The van der Waals surface area contributed by atoms with Gasteiger partial charge in [-0.05, 0) is 48.6 Å². The SMILES string of the molecule is O=C(c1nc(-c2cccs2)n(-c2ccc(F)cc2)n1)N1CCCCCC1. The summed E-state index contributed by atoms with van der Waals surface area (Å²) in [6.07, 6.45) is 4.34. The van der Waals surface area contributed by atoms with Crippen molar-refractivity contribution in [2.75, 3.05) is 13.1 Å². The van der Waals surface area contributed by atoms with Gasteiger partial charge in [-0.3, -0.25) is 4.79 Å². The molecule has 0 unspecified atom stereocenters. The van der Waals surface area contributed by atoms with Crippen molar-refractivity contribution in [2.24, 2.45) is 0 Å². The number of carbonyl (C=O) groups excluding carboxylic acids is 1. The molecule has 26 heavy (non-hydrogen) atoms. The highest BCUT2D eigenvalue weighted by Gasteiger charge is 2.24. The molecule has 134 valence electrons. The van der Waals surface area contributed by atoms with Crippen LogP contribution in [0.4, 0.5) is 4.39 Å². The summed E-state index contributed by atoms with van der Waals surface area (Å²) in [6.45, 7) is 1.50. The van der Waals surface area contributed by atoms with Gasteiger partial charge in [0.15, 0.2) is 5.82 Å². The predicted octanol–water partition coefficient (Wildman–Crippen LogP) is 4.15. The van der Waals surface area contributed by atoms with Crippen LogP contribution in [0.25, 0.3) is 16.4 Å². The Morgan fingerprint density at radius 3 is 2.42 bits per heavy atom. The molecule has 0 spiro atoms. The average Bonchev–Trinajstić information content (AvgIpc) is 3.25. The number of nitrogens with zero attached hydrogens (tertiary/aromatic N) is 4. The summed E-state index contributed by atoms with van der Waals surface area (Å²) >= 11 is 1.53. The van der Waals surface area contributed by atoms with Gasteiger partial charge in [0.2, 0.25) is 5.82 Å². The second-order valence-corrected chi connectivity index (χ2v) is 7.28. The molecule has 0 radical (unpaired) electrons. The summed E-state index contributed by atoms with van der Waals surface area (Å²) in [4.78, 5) is 20.2. The van der Waals surface area contributed by atoms with Crippen molar-refractivity contribution in [2.45, 2.75) is 25.7 Å². The van der Waals surface area contributed by atoms with Crippen LogP contribution in [0.15, 0.2) is 41.8 Å². The van der Waals surface area contributed by atoms with Crippen LogP contribution >= 0.6 is 11.3 Å². The first-order valence-electron chi connectivity index (χ1n) is 8.78. The minimum Gasteiger partial charge on any atom is -0.336 e. The zero-order valence-corrected chi connectivity index (χ0v) is 15.1. The third-order valence-electron chi connectivity index (χ3n) is 4.50. The normalized spacial score (nSPS) is 15.0. The highest BCUT2D eigenvalue weighted by Crippen LogP contribution is 2.26. The van der Waals surface area contributed by atoms with Gasteiger partial charge in [0.05, 0.1) is 10.6 Å². The number of likely N-dealkylation sites (tertiary alicyclic amines) is 1. The van der Waals surface area contributed by atoms with Gasteiger partial charge < -0.3 is 4.90 Å². The van der Waals surface area contributed by atoms with Crippen LogP contribution in [-0.2, 0) is 0 Å². The molecule has 2 aromatic heterocycles. The lowest BCUT2D eigenvalue weighted by molar-refractivity contribution is 0.0749. The van der Waals surface area contributed by atoms with Crippen LogP contribution in [0.3, 0.4) is 0 Å². The Morgan fingerprint density at radius 1 is 1.04 bits per heavy atom. The fraction of sp³-hybridized carbons (Fsp3) is 0.316. The fourth-order valence-electron chi connectivity index (χ4n) is 3.15. The standard InChI is InChI=1S/C19H19FN4OS/c20-14-7-9-15(10-8-14)24-18(16-6-5-13-26-16)21-17(22-24)19(25)23-11-3-1-2-4-12-23/h5-10,13H,1-4,11-12H2. The van der Waals surface area contributed by atoms with Crippen molar-refractivity contribution < 1.29 is 9.18 Å². The maximum absolute atomic E-state index is 13.3. The van der Waals surface area contributed by atoms with Gasteiger partial charge in [-0.2, -0.15) is 0 Å². The van der Waals surface area contributed by atoms with Crippen molar-refractivity contribution in [3.63, 3.8) is 0 Å². The zero-order chi connectivity index (χ0) is 17.9. The number of halogens is 1. The van der Waals surface area contributed by atoms with Gasteiger partial charge in [-0.15, -0.1) is 16.4 Å². The summed E-state index contributed by atoms with van der Waals surface area (Å²) in [5, 5.41) is 6.42. The summed E-state index contributed by atoms with van der Waals surface area (Å²) < 4.78 is 14.9. The summed E-state index contributed by atoms with van der Waals surface area (Å²) in [7, 11) is 0. The van der Waals surface area contributed by atoms with E-state index in [1.165, 1.54) is 23.5 Å². The molecule has 3 aromatic rings. The van der Waals surface area contributed by atoms with E-state index in [9.17, 15) is 9.18 Å². The van der Waals surface area contributed by atoms with Gasteiger partial charge in [-0.1, -0.05) is 18.9 Å². The second-order valence-electron chi connectivity index (χ2n) is 6.33. The molecule has 3 heterocycles. The first-order valence-corrected chi connectivity index (χ1v) is 9.66. The number of benzene rings is 1. The van der Waals surface area contributed by atoms with Crippen molar-refractivity contribution in [1.29, 1.82) is 0 Å². The summed E-state index contributed by atoms with van der Waals surface area (Å²) in [6, 6.07) is 9.91. The van der Waals surface area contributed by atoms with E-state index in [0.29, 0.717) is 11.5 Å². The van der Waals surface area contributed by atoms with Gasteiger partial charge in [0.25, 0.3) is 5.91 Å². The number of rotatable bonds is 3. The molecule has 5 nitrogen and oxygen atoms in total. The molecule has 1 aliphatic heterocycles. The van der Waals surface area contributed by atoms with E-state index in [0.717, 1.165) is 43.6 Å². The number of hydrogen-bond acceptors (Lipinski definition) is 4. The quantitative estimate of drug-likeness (QED) is 0.696. The smallest absolute Gasteiger partial charge is 0.293 e. The van der Waals surface area contributed by atoms with Gasteiger partial charge in [0, 0.05) is 13.1 Å². The fourth-order valence-corrected chi connectivity index (χ4v) is 3.84. The molecule has 1 saturated heterocycles. The maximum atomic E-state index is 13.3. The van der Waals surface area contributed by atoms with Crippen LogP contribution in [-0.4, -0.2) is 38.7 Å². The Hall–Kier alpha value is -2.54. The van der Waals surface area contributed by atoms with Gasteiger partial charge in [0.1, 0.15) is 5.82 Å². The lowest BCUT2D eigenvalue weighted by Crippen LogP contribution is -2.32. The topological polar surface area (TPSA) is 51.0 Å². The van der Waals surface area contributed by atoms with Crippen LogP contribution in [0, 0.1) is 5.82 Å². The zero-order valence-electron chi connectivity index (χ0n) is 14.3. The molecule has 1 fully saturated rings. The number of amides is 1. The van der Waals surface area contributed by atoms with Crippen LogP contribution in [0.1, 0.15) is 36.3 Å². The van der Waals surface area contributed by atoms with E-state index in [-0.39, 0.29) is 17.5 Å². The lowest BCUT2D eigenvalue weighted by Gasteiger charge is -2.18. The van der Waals surface area contributed by atoms with E-state index in [2.05, 4.69) is 10.1 Å². The van der Waals surface area contributed by atoms with Gasteiger partial charge >= 0.3 is 0 Å². The molecular weight excluding hydrogens is 351 g/mol. The Balaban J connectivity index is 1.73. The number of aromatic nitrogens is 3. The van der Waals surface area contributed by atoms with Crippen molar-refractivity contribution in [3.05, 3.63) is 53.4 Å². The summed E-state index contributed by atoms with van der Waals surface area (Å²) in [5.41, 5.74) is 0.678. The molecule has 0 N–H and O–H groups in total. The molecular formula is C19H19FN4OS. The average molecular weight is 370 g/mol. The van der Waals surface area contributed by atoms with Crippen molar-refractivity contribution in [3.8, 4) is 16.4 Å². The maximum Gasteiger partial charge on any atom is 0.293 e. The first kappa shape index (κ1) is 16.9. The Bertz CT molecular complexity index is 881. The molecule has 7 heteroatoms. The molecule has 1 aromatic carbocycles. The molecule has 0 saturated carbocycles. The molecule has 0 atom stereocenters. The van der Waals surface area contributed by atoms with E-state index in [4.69, 9.17) is 0 Å². The molecule has 1 aliphatic rings. The number of thiophene rings is 1. The van der Waals surface area contributed by atoms with E-state index in [1.54, 1.807) is 16.8 Å². The van der Waals surface area contributed by atoms with Crippen LogP contribution in [0.5, 0.6) is 0 Å². The largest absolute Gasteiger partial charge is 0.336 e. The third-order valence-corrected chi connectivity index (χ3v) is 5.37. The minimum atomic E-state index is -0.313. The molecule has 0 aliphatic carbocycles. The Morgan fingerprint density at radius 2 is 1.77 bits per heavy atom. The predicted molar refractivity (Wildman–Crippen MR) is 99.0 cm³/mol. The Kier molecular flexibility index (Phi) is 4.79. The minimum absolute atomic E-state index is 0.134. The third kappa shape index (κ3) is 3.39. The van der Waals surface area contributed by atoms with E-state index in [1.807, 2.05) is 22.4 Å². The molecule has 1 amide bonds. The summed E-state index contributed by atoms with van der Waals surface area (Å²) in [5.74, 6) is 0.349. The monoisotopic (exact) mass is 370 g/mol. The second kappa shape index (κ2) is 7.37. The molecule has 4 rings (SSSR count). The molecule has 0 bridgehead atoms. The highest BCUT2D eigenvalue weighted by molar-refractivity contribution is 7.13. The van der Waals surface area contributed by atoms with Crippen molar-refractivity contribution in [1.82, 2.24) is 19.7 Å².